The highest BCUT2D eigenvalue weighted by atomic mass is 79.9. The van der Waals surface area contributed by atoms with Crippen molar-refractivity contribution in [2.75, 3.05) is 11.9 Å². The molecule has 0 aromatic heterocycles. The lowest BCUT2D eigenvalue weighted by molar-refractivity contribution is 0.0977. The Labute approximate surface area is 194 Å². The SMILES string of the molecule is Cc1ccc(Cl)cc1NC(=S)NC(=O)c1ccc(OCCc2ccccc2)c(Br)c1. The molecule has 154 valence electrons. The second kappa shape index (κ2) is 10.6. The number of hydrogen-bond acceptors (Lipinski definition) is 3. The normalized spacial score (nSPS) is 10.4. The standard InChI is InChI=1S/C23H20BrClN2O2S/c1-15-7-9-18(25)14-20(15)26-23(30)27-22(28)17-8-10-21(19(24)13-17)29-12-11-16-5-3-2-4-6-16/h2-10,13-14H,11-12H2,1H3,(H2,26,27,28,30). The van der Waals surface area contributed by atoms with Crippen molar-refractivity contribution in [1.29, 1.82) is 0 Å². The van der Waals surface area contributed by atoms with Crippen molar-refractivity contribution in [2.24, 2.45) is 0 Å². The van der Waals surface area contributed by atoms with Crippen LogP contribution in [0.3, 0.4) is 0 Å². The number of benzene rings is 3. The zero-order valence-corrected chi connectivity index (χ0v) is 19.4. The van der Waals surface area contributed by atoms with Gasteiger partial charge in [0.05, 0.1) is 11.1 Å². The molecule has 2 N–H and O–H groups in total. The molecule has 0 aliphatic rings. The predicted octanol–water partition coefficient (Wildman–Crippen LogP) is 6.16. The number of halogens is 2. The van der Waals surface area contributed by atoms with Crippen molar-refractivity contribution in [3.8, 4) is 5.75 Å². The highest BCUT2D eigenvalue weighted by molar-refractivity contribution is 9.10. The summed E-state index contributed by atoms with van der Waals surface area (Å²) >= 11 is 14.7. The van der Waals surface area contributed by atoms with Crippen LogP contribution in [0.5, 0.6) is 5.75 Å². The number of rotatable bonds is 6. The molecule has 0 aliphatic heterocycles. The van der Waals surface area contributed by atoms with E-state index in [-0.39, 0.29) is 11.0 Å². The summed E-state index contributed by atoms with van der Waals surface area (Å²) in [4.78, 5) is 12.5. The maximum Gasteiger partial charge on any atom is 0.257 e. The Morgan fingerprint density at radius 1 is 1.10 bits per heavy atom. The minimum Gasteiger partial charge on any atom is -0.492 e. The molecule has 0 saturated heterocycles. The number of anilines is 1. The molecule has 0 fully saturated rings. The van der Waals surface area contributed by atoms with Gasteiger partial charge in [-0.05, 0) is 76.5 Å². The van der Waals surface area contributed by atoms with E-state index >= 15 is 0 Å². The van der Waals surface area contributed by atoms with Crippen LogP contribution in [0.25, 0.3) is 0 Å². The van der Waals surface area contributed by atoms with Crippen LogP contribution in [0.15, 0.2) is 71.2 Å². The molecule has 30 heavy (non-hydrogen) atoms. The molecule has 0 aliphatic carbocycles. The van der Waals surface area contributed by atoms with E-state index < -0.39 is 0 Å². The number of ether oxygens (including phenoxy) is 1. The van der Waals surface area contributed by atoms with Gasteiger partial charge in [-0.25, -0.2) is 0 Å². The Hall–Kier alpha value is -2.41. The van der Waals surface area contributed by atoms with Gasteiger partial charge in [0.25, 0.3) is 5.91 Å². The van der Waals surface area contributed by atoms with E-state index in [1.54, 1.807) is 30.3 Å². The summed E-state index contributed by atoms with van der Waals surface area (Å²) in [5, 5.41) is 6.47. The van der Waals surface area contributed by atoms with Gasteiger partial charge < -0.3 is 10.1 Å². The number of aryl methyl sites for hydroxylation is 1. The van der Waals surface area contributed by atoms with Gasteiger partial charge in [0.1, 0.15) is 5.75 Å². The largest absolute Gasteiger partial charge is 0.492 e. The zero-order chi connectivity index (χ0) is 21.5. The van der Waals surface area contributed by atoms with Crippen LogP contribution in [0.2, 0.25) is 5.02 Å². The molecule has 0 heterocycles. The summed E-state index contributed by atoms with van der Waals surface area (Å²) in [6.45, 7) is 2.47. The number of hydrogen-bond donors (Lipinski definition) is 2. The van der Waals surface area contributed by atoms with Crippen molar-refractivity contribution < 1.29 is 9.53 Å². The first-order valence-electron chi connectivity index (χ1n) is 9.27. The van der Waals surface area contributed by atoms with Gasteiger partial charge in [-0.3, -0.25) is 10.1 Å². The number of thiocarbonyl (C=S) groups is 1. The van der Waals surface area contributed by atoms with Crippen LogP contribution in [0.1, 0.15) is 21.5 Å². The van der Waals surface area contributed by atoms with Crippen LogP contribution >= 0.6 is 39.7 Å². The van der Waals surface area contributed by atoms with Gasteiger partial charge in [-0.2, -0.15) is 0 Å². The van der Waals surface area contributed by atoms with E-state index in [1.165, 1.54) is 5.56 Å². The Morgan fingerprint density at radius 2 is 1.87 bits per heavy atom. The van der Waals surface area contributed by atoms with E-state index in [9.17, 15) is 4.79 Å². The average Bonchev–Trinajstić information content (AvgIpc) is 2.72. The van der Waals surface area contributed by atoms with Crippen LogP contribution in [0.4, 0.5) is 5.69 Å². The fraction of sp³-hybridized carbons (Fsp3) is 0.130. The maximum atomic E-state index is 12.5. The molecule has 1 amide bonds. The second-order valence-corrected chi connectivity index (χ2v) is 8.30. The summed E-state index contributed by atoms with van der Waals surface area (Å²) in [5.41, 5.74) is 3.39. The van der Waals surface area contributed by atoms with Crippen molar-refractivity contribution in [1.82, 2.24) is 5.32 Å². The molecule has 3 aromatic rings. The van der Waals surface area contributed by atoms with Crippen LogP contribution < -0.4 is 15.4 Å². The number of nitrogens with one attached hydrogen (secondary N) is 2. The third-order valence-corrected chi connectivity index (χ3v) is 5.42. The van der Waals surface area contributed by atoms with Crippen LogP contribution in [0, 0.1) is 6.92 Å². The molecule has 3 rings (SSSR count). The van der Waals surface area contributed by atoms with Crippen molar-refractivity contribution in [3.05, 3.63) is 92.9 Å². The third-order valence-electron chi connectivity index (χ3n) is 4.36. The lowest BCUT2D eigenvalue weighted by Crippen LogP contribution is -2.34. The molecule has 0 atom stereocenters. The Bertz CT molecular complexity index is 1060. The first-order valence-corrected chi connectivity index (χ1v) is 10.8. The molecule has 7 heteroatoms. The second-order valence-electron chi connectivity index (χ2n) is 6.60. The van der Waals surface area contributed by atoms with Gasteiger partial charge >= 0.3 is 0 Å². The molecular formula is C23H20BrClN2O2S. The highest BCUT2D eigenvalue weighted by Gasteiger charge is 2.12. The Morgan fingerprint density at radius 3 is 2.60 bits per heavy atom. The summed E-state index contributed by atoms with van der Waals surface area (Å²) in [5.74, 6) is 0.362. The first-order chi connectivity index (χ1) is 14.4. The topological polar surface area (TPSA) is 50.4 Å². The van der Waals surface area contributed by atoms with E-state index in [0.29, 0.717) is 27.4 Å². The van der Waals surface area contributed by atoms with Crippen molar-refractivity contribution in [3.63, 3.8) is 0 Å². The van der Waals surface area contributed by atoms with E-state index in [0.717, 1.165) is 17.7 Å². The number of carbonyl (C=O) groups is 1. The molecule has 0 saturated carbocycles. The van der Waals surface area contributed by atoms with Gasteiger partial charge in [-0.15, -0.1) is 0 Å². The monoisotopic (exact) mass is 502 g/mol. The van der Waals surface area contributed by atoms with Crippen LogP contribution in [-0.4, -0.2) is 17.6 Å². The summed E-state index contributed by atoms with van der Waals surface area (Å²) < 4.78 is 6.53. The van der Waals surface area contributed by atoms with E-state index in [4.69, 9.17) is 28.6 Å². The Balaban J connectivity index is 1.56. The Kier molecular flexibility index (Phi) is 7.85. The van der Waals surface area contributed by atoms with Gasteiger partial charge in [-0.1, -0.05) is 48.0 Å². The first kappa shape index (κ1) is 22.3. The average molecular weight is 504 g/mol. The molecule has 4 nitrogen and oxygen atoms in total. The predicted molar refractivity (Wildman–Crippen MR) is 130 cm³/mol. The van der Waals surface area contributed by atoms with E-state index in [1.807, 2.05) is 31.2 Å². The summed E-state index contributed by atoms with van der Waals surface area (Å²) in [7, 11) is 0. The quantitative estimate of drug-likeness (QED) is 0.396. The zero-order valence-electron chi connectivity index (χ0n) is 16.2. The highest BCUT2D eigenvalue weighted by Crippen LogP contribution is 2.26. The smallest absolute Gasteiger partial charge is 0.257 e. The van der Waals surface area contributed by atoms with Crippen LogP contribution in [-0.2, 0) is 6.42 Å². The summed E-state index contributed by atoms with van der Waals surface area (Å²) in [6, 6.07) is 20.7. The molecular weight excluding hydrogens is 484 g/mol. The van der Waals surface area contributed by atoms with Gasteiger partial charge in [0, 0.05) is 22.7 Å². The lowest BCUT2D eigenvalue weighted by Gasteiger charge is -2.13. The maximum absolute atomic E-state index is 12.5. The molecule has 0 radical (unpaired) electrons. The van der Waals surface area contributed by atoms with Crippen molar-refractivity contribution in [2.45, 2.75) is 13.3 Å². The van der Waals surface area contributed by atoms with Gasteiger partial charge in [0.15, 0.2) is 5.11 Å². The number of amides is 1. The minimum atomic E-state index is -0.316. The van der Waals surface area contributed by atoms with Crippen molar-refractivity contribution >= 4 is 56.5 Å². The molecule has 0 spiro atoms. The molecule has 0 unspecified atom stereocenters. The fourth-order valence-electron chi connectivity index (χ4n) is 2.74. The number of carbonyl (C=O) groups excluding carboxylic acids is 1. The molecule has 3 aromatic carbocycles. The minimum absolute atomic E-state index is 0.199. The summed E-state index contributed by atoms with van der Waals surface area (Å²) in [6.07, 6.45) is 0.804. The van der Waals surface area contributed by atoms with Gasteiger partial charge in [0.2, 0.25) is 0 Å². The fourth-order valence-corrected chi connectivity index (χ4v) is 3.61. The third kappa shape index (κ3) is 6.29. The lowest BCUT2D eigenvalue weighted by atomic mass is 10.2. The van der Waals surface area contributed by atoms with E-state index in [2.05, 4.69) is 38.7 Å². The molecule has 0 bridgehead atoms.